The van der Waals surface area contributed by atoms with Crippen LogP contribution in [0, 0.1) is 0 Å². The molecule has 1 aromatic carbocycles. The van der Waals surface area contributed by atoms with Crippen molar-refractivity contribution in [1.82, 2.24) is 9.97 Å². The quantitative estimate of drug-likeness (QED) is 0.890. The maximum Gasteiger partial charge on any atom is 0.271 e. The van der Waals surface area contributed by atoms with E-state index in [4.69, 9.17) is 26.8 Å². The number of carbonyl (C=O) groups excluding carboxylic acids is 1. The Morgan fingerprint density at radius 2 is 2.04 bits per heavy atom. The summed E-state index contributed by atoms with van der Waals surface area (Å²) in [4.78, 5) is 20.0. The first kappa shape index (κ1) is 15.4. The number of ether oxygens (including phenoxy) is 2. The van der Waals surface area contributed by atoms with Crippen molar-refractivity contribution in [2.24, 2.45) is 5.73 Å². The number of aromatic nitrogens is 2. The van der Waals surface area contributed by atoms with E-state index in [-0.39, 0.29) is 16.7 Å². The first-order chi connectivity index (χ1) is 11.1. The second-order valence-electron chi connectivity index (χ2n) is 4.86. The highest BCUT2D eigenvalue weighted by atomic mass is 35.5. The predicted molar refractivity (Wildman–Crippen MR) is 85.7 cm³/mol. The molecule has 120 valence electrons. The molecular weight excluding hydrogens is 320 g/mol. The number of hydrogen-bond acceptors (Lipinski definition) is 6. The SMILES string of the molecule is CCc1nc(C(N)=O)c(Nc2ccc3c(c2)OCCO3)nc1Cl. The van der Waals surface area contributed by atoms with Crippen LogP contribution in [0.3, 0.4) is 0 Å². The summed E-state index contributed by atoms with van der Waals surface area (Å²) in [6, 6.07) is 5.31. The smallest absolute Gasteiger partial charge is 0.271 e. The fourth-order valence-electron chi connectivity index (χ4n) is 2.19. The minimum absolute atomic E-state index is 0.0427. The molecule has 0 saturated carbocycles. The van der Waals surface area contributed by atoms with E-state index in [2.05, 4.69) is 15.3 Å². The molecule has 1 aliphatic heterocycles. The Kier molecular flexibility index (Phi) is 4.20. The van der Waals surface area contributed by atoms with Gasteiger partial charge in [-0.1, -0.05) is 18.5 Å². The van der Waals surface area contributed by atoms with E-state index in [1.807, 2.05) is 6.92 Å². The lowest BCUT2D eigenvalue weighted by atomic mass is 10.2. The molecule has 0 radical (unpaired) electrons. The third-order valence-electron chi connectivity index (χ3n) is 3.29. The van der Waals surface area contributed by atoms with Crippen molar-refractivity contribution < 1.29 is 14.3 Å². The van der Waals surface area contributed by atoms with Crippen molar-refractivity contribution >= 4 is 29.0 Å². The van der Waals surface area contributed by atoms with E-state index >= 15 is 0 Å². The summed E-state index contributed by atoms with van der Waals surface area (Å²) in [5.74, 6) is 0.814. The first-order valence-electron chi connectivity index (χ1n) is 7.11. The monoisotopic (exact) mass is 334 g/mol. The van der Waals surface area contributed by atoms with E-state index in [0.29, 0.717) is 42.5 Å². The van der Waals surface area contributed by atoms with E-state index in [1.54, 1.807) is 18.2 Å². The van der Waals surface area contributed by atoms with Crippen LogP contribution in [-0.2, 0) is 6.42 Å². The van der Waals surface area contributed by atoms with Gasteiger partial charge in [0.1, 0.15) is 13.2 Å². The van der Waals surface area contributed by atoms with Crippen molar-refractivity contribution in [2.75, 3.05) is 18.5 Å². The first-order valence-corrected chi connectivity index (χ1v) is 7.49. The number of halogens is 1. The minimum atomic E-state index is -0.677. The van der Waals surface area contributed by atoms with Gasteiger partial charge in [0.2, 0.25) is 0 Å². The lowest BCUT2D eigenvalue weighted by molar-refractivity contribution is 0.0996. The molecule has 8 heteroatoms. The minimum Gasteiger partial charge on any atom is -0.486 e. The number of fused-ring (bicyclic) bond motifs is 1. The standard InChI is InChI=1S/C15H15ClN4O3/c1-2-9-13(16)20-15(12(19-9)14(17)21)18-8-3-4-10-11(7-8)23-6-5-22-10/h3-4,7H,2,5-6H2,1H3,(H2,17,21)(H,18,20). The van der Waals surface area contributed by atoms with Crippen molar-refractivity contribution in [3.63, 3.8) is 0 Å². The molecule has 3 N–H and O–H groups in total. The average Bonchev–Trinajstić information content (AvgIpc) is 2.54. The summed E-state index contributed by atoms with van der Waals surface area (Å²) in [7, 11) is 0. The molecule has 3 rings (SSSR count). The van der Waals surface area contributed by atoms with Crippen LogP contribution in [0.4, 0.5) is 11.5 Å². The number of primary amides is 1. The van der Waals surface area contributed by atoms with Gasteiger partial charge in [-0.25, -0.2) is 9.97 Å². The zero-order valence-corrected chi connectivity index (χ0v) is 13.2. The zero-order valence-electron chi connectivity index (χ0n) is 12.4. The number of nitrogens with two attached hydrogens (primary N) is 1. The second kappa shape index (κ2) is 6.29. The lowest BCUT2D eigenvalue weighted by Gasteiger charge is -2.19. The molecule has 0 aliphatic carbocycles. The molecule has 0 saturated heterocycles. The maximum absolute atomic E-state index is 11.6. The number of anilines is 2. The Hall–Kier alpha value is -2.54. The number of benzene rings is 1. The summed E-state index contributed by atoms with van der Waals surface area (Å²) in [5, 5.41) is 3.24. The molecule has 1 aromatic heterocycles. The molecule has 1 amide bonds. The lowest BCUT2D eigenvalue weighted by Crippen LogP contribution is -2.18. The van der Waals surface area contributed by atoms with E-state index < -0.39 is 5.91 Å². The van der Waals surface area contributed by atoms with Crippen molar-refractivity contribution in [3.05, 3.63) is 34.7 Å². The zero-order chi connectivity index (χ0) is 16.4. The van der Waals surface area contributed by atoms with Gasteiger partial charge in [0, 0.05) is 11.8 Å². The molecule has 0 spiro atoms. The van der Waals surface area contributed by atoms with Crippen molar-refractivity contribution in [2.45, 2.75) is 13.3 Å². The molecule has 0 fully saturated rings. The van der Waals surface area contributed by atoms with Gasteiger partial charge in [0.15, 0.2) is 28.2 Å². The highest BCUT2D eigenvalue weighted by Crippen LogP contribution is 2.34. The predicted octanol–water partition coefficient (Wildman–Crippen LogP) is 2.31. The number of aryl methyl sites for hydroxylation is 1. The van der Waals surface area contributed by atoms with E-state index in [1.165, 1.54) is 0 Å². The number of amides is 1. The molecule has 1 aliphatic rings. The molecule has 2 aromatic rings. The molecule has 23 heavy (non-hydrogen) atoms. The maximum atomic E-state index is 11.6. The topological polar surface area (TPSA) is 99.4 Å². The van der Waals surface area contributed by atoms with Crippen LogP contribution < -0.4 is 20.5 Å². The summed E-state index contributed by atoms with van der Waals surface area (Å²) >= 11 is 6.08. The highest BCUT2D eigenvalue weighted by molar-refractivity contribution is 6.30. The van der Waals surface area contributed by atoms with Gasteiger partial charge >= 0.3 is 0 Å². The normalized spacial score (nSPS) is 12.8. The van der Waals surface area contributed by atoms with Crippen LogP contribution in [0.2, 0.25) is 5.15 Å². The number of hydrogen-bond donors (Lipinski definition) is 2. The fraction of sp³-hybridized carbons (Fsp3) is 0.267. The highest BCUT2D eigenvalue weighted by Gasteiger charge is 2.17. The van der Waals surface area contributed by atoms with Gasteiger partial charge in [0.25, 0.3) is 5.91 Å². The number of nitrogens with one attached hydrogen (secondary N) is 1. The molecule has 2 heterocycles. The van der Waals surface area contributed by atoms with Crippen LogP contribution in [0.5, 0.6) is 11.5 Å². The summed E-state index contributed by atoms with van der Waals surface area (Å²) < 4.78 is 11.0. The van der Waals surface area contributed by atoms with Crippen molar-refractivity contribution in [3.8, 4) is 11.5 Å². The molecule has 0 bridgehead atoms. The average molecular weight is 335 g/mol. The van der Waals surface area contributed by atoms with Gasteiger partial charge < -0.3 is 20.5 Å². The summed E-state index contributed by atoms with van der Waals surface area (Å²) in [6.45, 7) is 2.87. The summed E-state index contributed by atoms with van der Waals surface area (Å²) in [6.07, 6.45) is 0.552. The number of carbonyl (C=O) groups is 1. The van der Waals surface area contributed by atoms with Crippen LogP contribution in [0.1, 0.15) is 23.1 Å². The summed E-state index contributed by atoms with van der Waals surface area (Å²) in [5.41, 5.74) is 6.61. The Balaban J connectivity index is 1.96. The second-order valence-corrected chi connectivity index (χ2v) is 5.22. The molecular formula is C15H15ClN4O3. The molecule has 0 unspecified atom stereocenters. The van der Waals surface area contributed by atoms with Gasteiger partial charge in [-0.2, -0.15) is 0 Å². The third kappa shape index (κ3) is 3.14. The van der Waals surface area contributed by atoms with E-state index in [9.17, 15) is 4.79 Å². The number of nitrogens with zero attached hydrogens (tertiary/aromatic N) is 2. The molecule has 0 atom stereocenters. The Morgan fingerprint density at radius 1 is 1.30 bits per heavy atom. The fourth-order valence-corrected chi connectivity index (χ4v) is 2.45. The molecule has 7 nitrogen and oxygen atoms in total. The van der Waals surface area contributed by atoms with E-state index in [0.717, 1.165) is 0 Å². The number of rotatable bonds is 4. The van der Waals surface area contributed by atoms with Gasteiger partial charge in [0.05, 0.1) is 5.69 Å². The Labute approximate surface area is 137 Å². The van der Waals surface area contributed by atoms with Gasteiger partial charge in [-0.05, 0) is 18.6 Å². The van der Waals surface area contributed by atoms with Crippen molar-refractivity contribution in [1.29, 1.82) is 0 Å². The van der Waals surface area contributed by atoms with Crippen LogP contribution in [0.25, 0.3) is 0 Å². The largest absolute Gasteiger partial charge is 0.486 e. The van der Waals surface area contributed by atoms with Gasteiger partial charge in [-0.3, -0.25) is 4.79 Å². The Morgan fingerprint density at radius 3 is 2.74 bits per heavy atom. The Bertz CT molecular complexity index is 767. The van der Waals surface area contributed by atoms with Crippen LogP contribution in [0.15, 0.2) is 18.2 Å². The van der Waals surface area contributed by atoms with Crippen LogP contribution >= 0.6 is 11.6 Å². The third-order valence-corrected chi connectivity index (χ3v) is 3.60. The van der Waals surface area contributed by atoms with Gasteiger partial charge in [-0.15, -0.1) is 0 Å². The van der Waals surface area contributed by atoms with Crippen LogP contribution in [-0.4, -0.2) is 29.1 Å².